The predicted octanol–water partition coefficient (Wildman–Crippen LogP) is 5.31. The van der Waals surface area contributed by atoms with Gasteiger partial charge in [0.15, 0.2) is 11.5 Å². The average molecular weight is 529 g/mol. The first-order valence-corrected chi connectivity index (χ1v) is 12.6. The van der Waals surface area contributed by atoms with E-state index in [1.54, 1.807) is 30.0 Å². The van der Waals surface area contributed by atoms with Crippen molar-refractivity contribution in [3.8, 4) is 11.5 Å². The van der Waals surface area contributed by atoms with Gasteiger partial charge in [-0.3, -0.25) is 9.59 Å². The first-order valence-electron chi connectivity index (χ1n) is 12.6. The monoisotopic (exact) mass is 528 g/mol. The van der Waals surface area contributed by atoms with Gasteiger partial charge in [-0.1, -0.05) is 0 Å². The maximum Gasteiger partial charge on any atom is 0.258 e. The lowest BCUT2D eigenvalue weighted by atomic mass is 9.99. The van der Waals surface area contributed by atoms with Gasteiger partial charge in [0.1, 0.15) is 18.3 Å². The fraction of sp³-hybridized carbons (Fsp3) is 0.200. The van der Waals surface area contributed by atoms with Crippen LogP contribution < -0.4 is 25.0 Å². The molecule has 39 heavy (non-hydrogen) atoms. The van der Waals surface area contributed by atoms with E-state index in [-0.39, 0.29) is 11.8 Å². The number of benzene rings is 3. The van der Waals surface area contributed by atoms with Crippen LogP contribution in [0, 0.1) is 5.82 Å². The number of nitrogens with one attached hydrogen (secondary N) is 2. The van der Waals surface area contributed by atoms with Crippen molar-refractivity contribution in [2.75, 3.05) is 42.7 Å². The molecule has 0 bridgehead atoms. The molecule has 0 radical (unpaired) electrons. The molecule has 200 valence electrons. The summed E-state index contributed by atoms with van der Waals surface area (Å²) in [5.41, 5.74) is 4.03. The Morgan fingerprint density at radius 1 is 0.949 bits per heavy atom. The van der Waals surface area contributed by atoms with Gasteiger partial charge in [-0.05, 0) is 87.7 Å². The number of carbonyl (C=O) groups is 2. The van der Waals surface area contributed by atoms with Gasteiger partial charge in [-0.15, -0.1) is 0 Å². The zero-order chi connectivity index (χ0) is 27.5. The molecule has 2 heterocycles. The summed E-state index contributed by atoms with van der Waals surface area (Å²) in [5, 5.41) is 6.14. The van der Waals surface area contributed by atoms with E-state index in [0.29, 0.717) is 51.8 Å². The second kappa shape index (κ2) is 11.0. The number of carbonyl (C=O) groups excluding carboxylic acids is 2. The van der Waals surface area contributed by atoms with Crippen LogP contribution in [-0.4, -0.2) is 43.9 Å². The molecule has 3 aromatic rings. The van der Waals surface area contributed by atoms with Gasteiger partial charge in [0.05, 0.1) is 17.0 Å². The van der Waals surface area contributed by atoms with Crippen LogP contribution in [0.15, 0.2) is 73.2 Å². The molecule has 0 saturated heterocycles. The van der Waals surface area contributed by atoms with E-state index in [4.69, 9.17) is 9.47 Å². The number of hydrogen-bond acceptors (Lipinski definition) is 6. The molecule has 0 aromatic heterocycles. The quantitative estimate of drug-likeness (QED) is 0.386. The number of ether oxygens (including phenoxy) is 2. The van der Waals surface area contributed by atoms with Gasteiger partial charge in [0.25, 0.3) is 5.91 Å². The van der Waals surface area contributed by atoms with Crippen LogP contribution in [0.4, 0.5) is 21.5 Å². The van der Waals surface area contributed by atoms with E-state index in [9.17, 15) is 14.0 Å². The van der Waals surface area contributed by atoms with Gasteiger partial charge in [-0.25, -0.2) is 4.39 Å². The average Bonchev–Trinajstić information content (AvgIpc) is 3.24. The Kier molecular flexibility index (Phi) is 7.33. The van der Waals surface area contributed by atoms with Crippen LogP contribution in [0.2, 0.25) is 0 Å². The molecule has 0 spiro atoms. The summed E-state index contributed by atoms with van der Waals surface area (Å²) in [4.78, 5) is 29.3. The van der Waals surface area contributed by atoms with Crippen molar-refractivity contribution < 1.29 is 23.5 Å². The number of hydrogen-bond donors (Lipinski definition) is 2. The summed E-state index contributed by atoms with van der Waals surface area (Å²) < 4.78 is 25.0. The first kappa shape index (κ1) is 26.0. The summed E-state index contributed by atoms with van der Waals surface area (Å²) in [6.07, 6.45) is 3.73. The van der Waals surface area contributed by atoms with Crippen molar-refractivity contribution in [3.63, 3.8) is 0 Å². The highest BCUT2D eigenvalue weighted by Gasteiger charge is 2.29. The van der Waals surface area contributed by atoms with Crippen LogP contribution in [0.3, 0.4) is 0 Å². The van der Waals surface area contributed by atoms with Gasteiger partial charge in [0, 0.05) is 36.0 Å². The Bertz CT molecular complexity index is 1480. The largest absolute Gasteiger partial charge is 0.458 e. The minimum atomic E-state index is -0.438. The first-order chi connectivity index (χ1) is 18.8. The normalized spacial score (nSPS) is 14.6. The maximum atomic E-state index is 13.9. The molecule has 2 aliphatic heterocycles. The number of amides is 2. The molecule has 9 heteroatoms. The third kappa shape index (κ3) is 5.63. The molecular formula is C30H29FN4O4. The maximum absolute atomic E-state index is 13.9. The standard InChI is InChI=1S/C30H29FN4O4/c1-19(36)35(14-4-13-34(2)3)23-9-7-22(8-10-23)32-29(20-5-12-26-27(17-20)39-16-15-38-26)28-24-11-6-21(31)18-25(24)33-30(28)37/h5-12,15-18,32H,4,13-14H2,1-3H3,(H,33,37). The van der Waals surface area contributed by atoms with Crippen LogP contribution in [0.25, 0.3) is 11.3 Å². The summed E-state index contributed by atoms with van der Waals surface area (Å²) in [5.74, 6) is 0.221. The minimum absolute atomic E-state index is 0.0333. The Morgan fingerprint density at radius 2 is 1.69 bits per heavy atom. The molecule has 5 rings (SSSR count). The Morgan fingerprint density at radius 3 is 2.41 bits per heavy atom. The third-order valence-electron chi connectivity index (χ3n) is 6.47. The van der Waals surface area contributed by atoms with Crippen molar-refractivity contribution >= 4 is 40.1 Å². The highest BCUT2D eigenvalue weighted by atomic mass is 19.1. The van der Waals surface area contributed by atoms with E-state index in [0.717, 1.165) is 18.7 Å². The number of nitrogens with zero attached hydrogens (tertiary/aromatic N) is 2. The Hall–Kier alpha value is -4.63. The zero-order valence-corrected chi connectivity index (χ0v) is 22.0. The van der Waals surface area contributed by atoms with Gasteiger partial charge >= 0.3 is 0 Å². The Labute approximate surface area is 226 Å². The zero-order valence-electron chi connectivity index (χ0n) is 22.0. The second-order valence-electron chi connectivity index (χ2n) is 9.56. The van der Waals surface area contributed by atoms with Crippen LogP contribution in [-0.2, 0) is 9.59 Å². The number of halogens is 1. The molecule has 0 aliphatic carbocycles. The topological polar surface area (TPSA) is 83.1 Å². The van der Waals surface area contributed by atoms with Crippen molar-refractivity contribution in [1.29, 1.82) is 0 Å². The molecule has 8 nitrogen and oxygen atoms in total. The second-order valence-corrected chi connectivity index (χ2v) is 9.56. The van der Waals surface area contributed by atoms with Crippen LogP contribution in [0.1, 0.15) is 24.5 Å². The third-order valence-corrected chi connectivity index (χ3v) is 6.47. The molecule has 0 saturated carbocycles. The molecule has 0 fully saturated rings. The lowest BCUT2D eigenvalue weighted by molar-refractivity contribution is -0.116. The fourth-order valence-corrected chi connectivity index (χ4v) is 4.61. The van der Waals surface area contributed by atoms with E-state index in [2.05, 4.69) is 15.5 Å². The number of anilines is 3. The van der Waals surface area contributed by atoms with Gasteiger partial charge in [0.2, 0.25) is 5.91 Å². The summed E-state index contributed by atoms with van der Waals surface area (Å²) >= 11 is 0. The van der Waals surface area contributed by atoms with Gasteiger partial charge < -0.3 is 29.9 Å². The van der Waals surface area contributed by atoms with E-state index < -0.39 is 5.82 Å². The van der Waals surface area contributed by atoms with Crippen LogP contribution >= 0.6 is 0 Å². The van der Waals surface area contributed by atoms with E-state index in [1.807, 2.05) is 44.4 Å². The molecule has 2 N–H and O–H groups in total. The molecule has 2 amide bonds. The summed E-state index contributed by atoms with van der Waals surface area (Å²) in [7, 11) is 4.01. The number of fused-ring (bicyclic) bond motifs is 2. The van der Waals surface area contributed by atoms with Crippen molar-refractivity contribution in [2.24, 2.45) is 0 Å². The van der Waals surface area contributed by atoms with Crippen molar-refractivity contribution in [2.45, 2.75) is 13.3 Å². The SMILES string of the molecule is CC(=O)N(CCCN(C)C)c1ccc(NC(=C2C(=O)Nc3cc(F)ccc32)c2ccc3c(c2)OC=CO3)cc1. The lowest BCUT2D eigenvalue weighted by Crippen LogP contribution is -2.31. The molecular weight excluding hydrogens is 499 g/mol. The lowest BCUT2D eigenvalue weighted by Gasteiger charge is -2.23. The Balaban J connectivity index is 1.51. The number of rotatable bonds is 8. The van der Waals surface area contributed by atoms with Crippen LogP contribution in [0.5, 0.6) is 11.5 Å². The molecule has 0 unspecified atom stereocenters. The van der Waals surface area contributed by atoms with E-state index >= 15 is 0 Å². The highest BCUT2D eigenvalue weighted by Crippen LogP contribution is 2.40. The van der Waals surface area contributed by atoms with Gasteiger partial charge in [-0.2, -0.15) is 0 Å². The predicted molar refractivity (Wildman–Crippen MR) is 150 cm³/mol. The minimum Gasteiger partial charge on any atom is -0.458 e. The fourth-order valence-electron chi connectivity index (χ4n) is 4.61. The highest BCUT2D eigenvalue weighted by molar-refractivity contribution is 6.37. The van der Waals surface area contributed by atoms with Crippen molar-refractivity contribution in [3.05, 3.63) is 90.1 Å². The molecule has 2 aliphatic rings. The summed E-state index contributed by atoms with van der Waals surface area (Å²) in [6, 6.07) is 17.0. The molecule has 0 atom stereocenters. The van der Waals surface area contributed by atoms with E-state index in [1.165, 1.54) is 24.7 Å². The molecule has 3 aromatic carbocycles. The van der Waals surface area contributed by atoms with Crippen molar-refractivity contribution in [1.82, 2.24) is 4.90 Å². The summed E-state index contributed by atoms with van der Waals surface area (Å²) in [6.45, 7) is 3.04. The smallest absolute Gasteiger partial charge is 0.258 e.